The summed E-state index contributed by atoms with van der Waals surface area (Å²) in [5.41, 5.74) is 2.01. The van der Waals surface area contributed by atoms with Crippen LogP contribution in [0.2, 0.25) is 5.02 Å². The third kappa shape index (κ3) is 6.43. The van der Waals surface area contributed by atoms with E-state index in [0.717, 1.165) is 32.1 Å². The van der Waals surface area contributed by atoms with Crippen LogP contribution in [-0.2, 0) is 10.2 Å². The number of piperazine rings is 1. The van der Waals surface area contributed by atoms with Gasteiger partial charge in [0.2, 0.25) is 5.75 Å². The van der Waals surface area contributed by atoms with E-state index >= 15 is 0 Å². The molecule has 1 saturated heterocycles. The molecule has 3 aliphatic rings. The number of aromatic nitrogens is 2. The van der Waals surface area contributed by atoms with E-state index in [-0.39, 0.29) is 11.3 Å². The molecule has 9 nitrogen and oxygen atoms in total. The van der Waals surface area contributed by atoms with Crippen molar-refractivity contribution in [2.75, 3.05) is 44.2 Å². The topological polar surface area (TPSA) is 96.8 Å². The molecule has 0 unspecified atom stereocenters. The van der Waals surface area contributed by atoms with Crippen molar-refractivity contribution in [1.29, 1.82) is 0 Å². The van der Waals surface area contributed by atoms with Crippen LogP contribution in [0.25, 0.3) is 5.69 Å². The van der Waals surface area contributed by atoms with Gasteiger partial charge in [-0.15, -0.1) is 0 Å². The van der Waals surface area contributed by atoms with Gasteiger partial charge in [-0.2, -0.15) is 22.5 Å². The largest absolute Gasteiger partial charge is 0.486 e. The maximum atomic E-state index is 13.4. The summed E-state index contributed by atoms with van der Waals surface area (Å²) in [5.74, 6) is 0.224. The Balaban J connectivity index is 1.64. The number of ether oxygens (including phenoxy) is 1. The molecule has 0 saturated carbocycles. The standard InChI is InChI=1S/C24H32ClN5O4S/c1-19-7-3-2-4-16-34-23-22(18-26-30(24(23)31)21-10-5-9-20(25)17-21)28-12-14-29(15-13-28)35(32,33)27-11-6-8-19/h5,7,9-10,17-18,27H,2-4,6,8,11-16H2,1H3/b19-7+. The number of fused-ring (bicyclic) bond motifs is 12. The molecule has 1 aromatic heterocycles. The number of hydrogen-bond acceptors (Lipinski definition) is 6. The summed E-state index contributed by atoms with van der Waals surface area (Å²) in [6, 6.07) is 6.94. The fourth-order valence-corrected chi connectivity index (χ4v) is 5.70. The first-order valence-electron chi connectivity index (χ1n) is 12.0. The molecule has 2 aromatic rings. The Morgan fingerprint density at radius 1 is 1.11 bits per heavy atom. The van der Waals surface area contributed by atoms with Gasteiger partial charge in [0.25, 0.3) is 10.2 Å². The number of halogens is 1. The van der Waals surface area contributed by atoms with Crippen LogP contribution in [0.4, 0.5) is 5.69 Å². The number of allylic oxidation sites excluding steroid dienone is 2. The predicted octanol–water partition coefficient (Wildman–Crippen LogP) is 3.13. The Morgan fingerprint density at radius 3 is 2.69 bits per heavy atom. The predicted molar refractivity (Wildman–Crippen MR) is 138 cm³/mol. The van der Waals surface area contributed by atoms with Crippen LogP contribution in [0.1, 0.15) is 39.0 Å². The minimum absolute atomic E-state index is 0.224. The molecular formula is C24H32ClN5O4S. The van der Waals surface area contributed by atoms with Crippen molar-refractivity contribution in [3.63, 3.8) is 0 Å². The second-order valence-corrected chi connectivity index (χ2v) is 11.0. The molecule has 11 heteroatoms. The molecule has 4 heterocycles. The highest BCUT2D eigenvalue weighted by Crippen LogP contribution is 2.26. The Bertz CT molecular complexity index is 1220. The van der Waals surface area contributed by atoms with Crippen molar-refractivity contribution in [2.45, 2.75) is 39.0 Å². The Labute approximate surface area is 211 Å². The zero-order chi connectivity index (χ0) is 24.8. The van der Waals surface area contributed by atoms with Crippen molar-refractivity contribution < 1.29 is 13.2 Å². The molecule has 0 radical (unpaired) electrons. The smallest absolute Gasteiger partial charge is 0.316 e. The molecular weight excluding hydrogens is 490 g/mol. The van der Waals surface area contributed by atoms with Crippen molar-refractivity contribution in [2.24, 2.45) is 0 Å². The van der Waals surface area contributed by atoms with Gasteiger partial charge >= 0.3 is 5.56 Å². The van der Waals surface area contributed by atoms with Crippen LogP contribution in [-0.4, -0.2) is 61.8 Å². The van der Waals surface area contributed by atoms with Crippen molar-refractivity contribution in [1.82, 2.24) is 18.8 Å². The van der Waals surface area contributed by atoms with E-state index in [9.17, 15) is 13.2 Å². The molecule has 1 aromatic carbocycles. The third-order valence-corrected chi connectivity index (χ3v) is 8.11. The van der Waals surface area contributed by atoms with Crippen molar-refractivity contribution >= 4 is 27.5 Å². The Kier molecular flexibility index (Phi) is 8.48. The maximum absolute atomic E-state index is 13.4. The zero-order valence-corrected chi connectivity index (χ0v) is 21.5. The summed E-state index contributed by atoms with van der Waals surface area (Å²) < 4.78 is 37.0. The van der Waals surface area contributed by atoms with E-state index in [1.54, 1.807) is 30.5 Å². The first-order valence-corrected chi connectivity index (χ1v) is 13.8. The average molecular weight is 522 g/mol. The van der Waals surface area contributed by atoms with Gasteiger partial charge in [0.15, 0.2) is 0 Å². The lowest BCUT2D eigenvalue weighted by Gasteiger charge is -2.35. The summed E-state index contributed by atoms with van der Waals surface area (Å²) in [4.78, 5) is 15.4. The minimum Gasteiger partial charge on any atom is -0.486 e. The number of rotatable bonds is 1. The number of nitrogens with zero attached hydrogens (tertiary/aromatic N) is 4. The van der Waals surface area contributed by atoms with Gasteiger partial charge < -0.3 is 9.64 Å². The fraction of sp³-hybridized carbons (Fsp3) is 0.500. The van der Waals surface area contributed by atoms with E-state index in [4.69, 9.17) is 16.3 Å². The Morgan fingerprint density at radius 2 is 1.91 bits per heavy atom. The summed E-state index contributed by atoms with van der Waals surface area (Å²) in [6.45, 7) is 4.38. The highest BCUT2D eigenvalue weighted by Gasteiger charge is 2.29. The van der Waals surface area contributed by atoms with Crippen LogP contribution in [0.3, 0.4) is 0 Å². The minimum atomic E-state index is -3.55. The van der Waals surface area contributed by atoms with Crippen LogP contribution < -0.4 is 19.9 Å². The molecule has 0 aliphatic carbocycles. The lowest BCUT2D eigenvalue weighted by molar-refractivity contribution is 0.299. The van der Waals surface area contributed by atoms with Gasteiger partial charge in [-0.25, -0.2) is 4.72 Å². The van der Waals surface area contributed by atoms with Gasteiger partial charge in [0.05, 0.1) is 18.5 Å². The molecule has 35 heavy (non-hydrogen) atoms. The molecule has 1 N–H and O–H groups in total. The van der Waals surface area contributed by atoms with Gasteiger partial charge in [-0.1, -0.05) is 29.3 Å². The Hall–Kier alpha value is -2.40. The molecule has 0 spiro atoms. The molecule has 2 bridgehead atoms. The summed E-state index contributed by atoms with van der Waals surface area (Å²) in [6.07, 6.45) is 8.10. The first kappa shape index (κ1) is 25.7. The monoisotopic (exact) mass is 521 g/mol. The summed E-state index contributed by atoms with van der Waals surface area (Å²) in [5, 5.41) is 4.88. The average Bonchev–Trinajstić information content (AvgIpc) is 2.84. The molecule has 0 atom stereocenters. The van der Waals surface area contributed by atoms with Gasteiger partial charge in [-0.05, 0) is 57.2 Å². The quantitative estimate of drug-likeness (QED) is 0.579. The fourth-order valence-electron chi connectivity index (χ4n) is 4.28. The summed E-state index contributed by atoms with van der Waals surface area (Å²) >= 11 is 6.13. The number of anilines is 1. The van der Waals surface area contributed by atoms with Gasteiger partial charge in [0.1, 0.15) is 5.69 Å². The lowest BCUT2D eigenvalue weighted by atomic mass is 10.1. The molecule has 5 rings (SSSR count). The molecule has 3 aliphatic heterocycles. The van der Waals surface area contributed by atoms with Crippen molar-refractivity contribution in [3.05, 3.63) is 57.5 Å². The highest BCUT2D eigenvalue weighted by atomic mass is 35.5. The van der Waals surface area contributed by atoms with Crippen LogP contribution >= 0.6 is 11.6 Å². The van der Waals surface area contributed by atoms with E-state index in [2.05, 4.69) is 22.8 Å². The molecule has 0 amide bonds. The van der Waals surface area contributed by atoms with Crippen LogP contribution in [0.15, 0.2) is 46.9 Å². The summed E-state index contributed by atoms with van der Waals surface area (Å²) in [7, 11) is -3.55. The highest BCUT2D eigenvalue weighted by molar-refractivity contribution is 7.87. The van der Waals surface area contributed by atoms with Gasteiger partial charge in [-0.3, -0.25) is 4.79 Å². The number of hydrogen-bond donors (Lipinski definition) is 1. The second-order valence-electron chi connectivity index (χ2n) is 8.84. The van der Waals surface area contributed by atoms with Crippen molar-refractivity contribution in [3.8, 4) is 11.4 Å². The first-order chi connectivity index (χ1) is 16.8. The number of benzene rings is 1. The van der Waals surface area contributed by atoms with Crippen LogP contribution in [0, 0.1) is 0 Å². The second kappa shape index (κ2) is 11.6. The van der Waals surface area contributed by atoms with Crippen LogP contribution in [0.5, 0.6) is 5.75 Å². The zero-order valence-electron chi connectivity index (χ0n) is 20.0. The van der Waals surface area contributed by atoms with Gasteiger partial charge in [0, 0.05) is 37.7 Å². The normalized spacial score (nSPS) is 21.8. The number of nitrogens with one attached hydrogen (secondary N) is 1. The molecule has 190 valence electrons. The van der Waals surface area contributed by atoms with E-state index in [1.165, 1.54) is 14.6 Å². The van der Waals surface area contributed by atoms with E-state index < -0.39 is 10.2 Å². The lowest BCUT2D eigenvalue weighted by Crippen LogP contribution is -2.52. The maximum Gasteiger partial charge on any atom is 0.316 e. The molecule has 1 fully saturated rings. The third-order valence-electron chi connectivity index (χ3n) is 6.26. The van der Waals surface area contributed by atoms with E-state index in [1.807, 2.05) is 4.90 Å². The van der Waals surface area contributed by atoms with E-state index in [0.29, 0.717) is 55.7 Å². The SMILES string of the molecule is C/C1=C\CCCCOc2c(cnn(-c3cccc(Cl)c3)c2=O)N2CCN(CC2)S(=O)(=O)NCCC1.